The Bertz CT molecular complexity index is 602. The largest absolute Gasteiger partial charge is 0.569 e. The molecule has 0 amide bonds. The van der Waals surface area contributed by atoms with Crippen LogP contribution in [-0.2, 0) is 9.26 Å². The number of aromatic nitrogens is 2. The Balaban J connectivity index is 0.000000295. The van der Waals surface area contributed by atoms with E-state index in [1.807, 2.05) is 6.92 Å². The lowest BCUT2D eigenvalue weighted by atomic mass is 9.98. The van der Waals surface area contributed by atoms with Crippen molar-refractivity contribution < 1.29 is 29.0 Å². The van der Waals surface area contributed by atoms with E-state index < -0.39 is 15.0 Å². The second-order valence-corrected chi connectivity index (χ2v) is 6.15. The van der Waals surface area contributed by atoms with E-state index in [1.165, 1.54) is 4.57 Å². The quantitative estimate of drug-likeness (QED) is 0.215. The number of aromatic amines is 1. The molecule has 2 heterocycles. The molecule has 2 atom stereocenters. The normalized spacial score (nSPS) is 21.3. The number of nitrogens with zero attached hydrogens (tertiary/aromatic N) is 1. The van der Waals surface area contributed by atoms with E-state index in [0.717, 1.165) is 18.4 Å². The summed E-state index contributed by atoms with van der Waals surface area (Å²) in [7, 11) is 1.45. The molecular formula is C10H17BN2O7PS+. The van der Waals surface area contributed by atoms with Crippen LogP contribution in [0.25, 0.3) is 0 Å². The maximum absolute atomic E-state index is 11.6. The first kappa shape index (κ1) is 19.4. The fourth-order valence-corrected chi connectivity index (χ4v) is 2.02. The van der Waals surface area contributed by atoms with Crippen molar-refractivity contribution in [2.45, 2.75) is 32.0 Å². The molecular weight excluding hydrogens is 334 g/mol. The van der Waals surface area contributed by atoms with Crippen molar-refractivity contribution in [1.82, 2.24) is 9.55 Å². The minimum Gasteiger partial charge on any atom is -0.367 e. The Morgan fingerprint density at radius 1 is 1.55 bits per heavy atom. The van der Waals surface area contributed by atoms with E-state index in [9.17, 15) is 4.79 Å². The maximum Gasteiger partial charge on any atom is 0.569 e. The standard InChI is InChI=1S/C9H11BN2O2S.CH6O5P/c1-5-4-12(9(13)11-8(5)15)7-3-2-6(10)14-7;2-1-6-7(3,4)5/h4,6-7H,2-3H2,1H3,(H,11,13,15);2-5H,1H2/q;+1/t6-,7?;/m0./s1. The molecule has 2 rings (SSSR count). The molecule has 5 N–H and O–H groups in total. The van der Waals surface area contributed by atoms with Crippen molar-refractivity contribution in [3.05, 3.63) is 26.9 Å². The highest BCUT2D eigenvalue weighted by Gasteiger charge is 2.32. The summed E-state index contributed by atoms with van der Waals surface area (Å²) in [5.41, 5.74) is 0.610. The zero-order valence-corrected chi connectivity index (χ0v) is 13.5. The van der Waals surface area contributed by atoms with Crippen LogP contribution >= 0.6 is 20.4 Å². The van der Waals surface area contributed by atoms with Crippen molar-refractivity contribution in [2.24, 2.45) is 0 Å². The average molecular weight is 351 g/mol. The summed E-state index contributed by atoms with van der Waals surface area (Å²) >= 11 is 4.96. The first-order valence-corrected chi connectivity index (χ1v) is 8.17. The van der Waals surface area contributed by atoms with E-state index in [-0.39, 0.29) is 17.9 Å². The number of rotatable bonds is 3. The number of hydrogen-bond donors (Lipinski definition) is 5. The van der Waals surface area contributed by atoms with Gasteiger partial charge in [-0.2, -0.15) is 14.7 Å². The molecule has 22 heavy (non-hydrogen) atoms. The lowest BCUT2D eigenvalue weighted by Crippen LogP contribution is -2.27. The van der Waals surface area contributed by atoms with Crippen molar-refractivity contribution in [3.8, 4) is 0 Å². The zero-order chi connectivity index (χ0) is 16.9. The summed E-state index contributed by atoms with van der Waals surface area (Å²) in [4.78, 5) is 37.8. The van der Waals surface area contributed by atoms with Crippen molar-refractivity contribution >= 4 is 28.2 Å². The van der Waals surface area contributed by atoms with Gasteiger partial charge in [0.2, 0.25) is 0 Å². The minimum absolute atomic E-state index is 0.246. The Labute approximate surface area is 133 Å². The van der Waals surface area contributed by atoms with E-state index >= 15 is 0 Å². The third-order valence-corrected chi connectivity index (χ3v) is 3.60. The van der Waals surface area contributed by atoms with E-state index in [1.54, 1.807) is 6.20 Å². The second kappa shape index (κ2) is 8.28. The van der Waals surface area contributed by atoms with Gasteiger partial charge >= 0.3 is 13.9 Å². The van der Waals surface area contributed by atoms with Crippen molar-refractivity contribution in [3.63, 3.8) is 0 Å². The van der Waals surface area contributed by atoms with Gasteiger partial charge in [0, 0.05) is 17.8 Å². The molecule has 9 nitrogen and oxygen atoms in total. The van der Waals surface area contributed by atoms with Crippen LogP contribution in [0.15, 0.2) is 11.0 Å². The van der Waals surface area contributed by atoms with Crippen LogP contribution in [0.2, 0.25) is 0 Å². The molecule has 1 aromatic heterocycles. The molecule has 1 aliphatic heterocycles. The van der Waals surface area contributed by atoms with Gasteiger partial charge in [-0.1, -0.05) is 12.2 Å². The van der Waals surface area contributed by atoms with Crippen LogP contribution in [-0.4, -0.2) is 50.0 Å². The topological polar surface area (TPSA) is 137 Å². The lowest BCUT2D eigenvalue weighted by molar-refractivity contribution is 0.0339. The predicted octanol–water partition coefficient (Wildman–Crippen LogP) is -0.375. The third kappa shape index (κ3) is 6.23. The molecule has 1 fully saturated rings. The number of aliphatic hydroxyl groups excluding tert-OH is 1. The van der Waals surface area contributed by atoms with Crippen LogP contribution in [0.4, 0.5) is 0 Å². The highest BCUT2D eigenvalue weighted by atomic mass is 32.1. The minimum atomic E-state index is -4.17. The summed E-state index contributed by atoms with van der Waals surface area (Å²) in [5.74, 6) is 0. The summed E-state index contributed by atoms with van der Waals surface area (Å²) < 4.78 is 11.0. The summed E-state index contributed by atoms with van der Waals surface area (Å²) in [5, 5.41) is 7.73. The third-order valence-electron chi connectivity index (χ3n) is 2.72. The van der Waals surface area contributed by atoms with E-state index in [2.05, 4.69) is 9.51 Å². The highest BCUT2D eigenvalue weighted by molar-refractivity contribution is 7.71. The van der Waals surface area contributed by atoms with Gasteiger partial charge in [0.1, 0.15) is 18.7 Å². The molecule has 0 aromatic carbocycles. The van der Waals surface area contributed by atoms with Crippen molar-refractivity contribution in [1.29, 1.82) is 0 Å². The number of ether oxygens (including phenoxy) is 1. The van der Waals surface area contributed by atoms with Gasteiger partial charge in [-0.25, -0.2) is 4.79 Å². The number of H-pyrrole nitrogens is 1. The Morgan fingerprint density at radius 2 is 2.18 bits per heavy atom. The van der Waals surface area contributed by atoms with Crippen LogP contribution in [0.1, 0.15) is 24.6 Å². The van der Waals surface area contributed by atoms with Gasteiger partial charge in [0.15, 0.2) is 6.79 Å². The molecule has 122 valence electrons. The van der Waals surface area contributed by atoms with Gasteiger partial charge in [-0.3, -0.25) is 9.55 Å². The van der Waals surface area contributed by atoms with Gasteiger partial charge in [-0.15, -0.1) is 4.52 Å². The number of hydrogen-bond acceptors (Lipinski definition) is 8. The molecule has 0 bridgehead atoms. The van der Waals surface area contributed by atoms with E-state index in [4.69, 9.17) is 44.6 Å². The predicted molar refractivity (Wildman–Crippen MR) is 81.3 cm³/mol. The Morgan fingerprint density at radius 3 is 2.59 bits per heavy atom. The fraction of sp³-hybridized carbons (Fsp3) is 0.600. The molecule has 0 aliphatic carbocycles. The Kier molecular flexibility index (Phi) is 7.30. The van der Waals surface area contributed by atoms with Crippen LogP contribution in [0, 0.1) is 11.6 Å². The van der Waals surface area contributed by atoms with Gasteiger partial charge < -0.3 is 9.84 Å². The lowest BCUT2D eigenvalue weighted by Gasteiger charge is -2.14. The fourth-order valence-electron chi connectivity index (χ4n) is 1.73. The van der Waals surface area contributed by atoms with Crippen LogP contribution in [0.3, 0.4) is 0 Å². The molecule has 1 unspecified atom stereocenters. The second-order valence-electron chi connectivity index (χ2n) is 4.46. The molecule has 0 saturated carbocycles. The smallest absolute Gasteiger partial charge is 0.367 e. The van der Waals surface area contributed by atoms with Gasteiger partial charge in [0.25, 0.3) is 0 Å². The summed E-state index contributed by atoms with van der Waals surface area (Å²) in [6.07, 6.45) is 2.97. The van der Waals surface area contributed by atoms with Crippen LogP contribution < -0.4 is 5.69 Å². The number of aliphatic hydroxyl groups is 1. The van der Waals surface area contributed by atoms with E-state index in [0.29, 0.717) is 4.64 Å². The monoisotopic (exact) mass is 351 g/mol. The SMILES string of the molecule is OCO[P+](O)(O)O.[B][C@@H]1CCC(n2cc(C)c(=S)[nH]c2=O)O1. The molecule has 2 radical (unpaired) electrons. The number of aryl methyl sites for hydroxylation is 1. The first-order chi connectivity index (χ1) is 10.1. The van der Waals surface area contributed by atoms with Gasteiger partial charge in [0.05, 0.1) is 0 Å². The molecule has 1 saturated heterocycles. The van der Waals surface area contributed by atoms with Crippen molar-refractivity contribution in [2.75, 3.05) is 6.79 Å². The average Bonchev–Trinajstić information content (AvgIpc) is 2.79. The molecule has 1 aliphatic rings. The van der Waals surface area contributed by atoms with Gasteiger partial charge in [-0.05, 0) is 19.8 Å². The van der Waals surface area contributed by atoms with Crippen LogP contribution in [0.5, 0.6) is 0 Å². The maximum atomic E-state index is 11.6. The molecule has 1 aromatic rings. The molecule has 12 heteroatoms. The first-order valence-electron chi connectivity index (χ1n) is 6.20. The molecule has 0 spiro atoms. The zero-order valence-electron chi connectivity index (χ0n) is 11.7. The Hall–Kier alpha value is -0.645. The summed E-state index contributed by atoms with van der Waals surface area (Å²) in [6.45, 7) is 0.959. The summed E-state index contributed by atoms with van der Waals surface area (Å²) in [6, 6.07) is -0.273. The highest BCUT2D eigenvalue weighted by Crippen LogP contribution is 2.44. The number of nitrogens with one attached hydrogen (secondary N) is 1.